The number of anilines is 1. The van der Waals surface area contributed by atoms with Crippen LogP contribution < -0.4 is 11.1 Å². The molecule has 1 aromatic rings. The maximum Gasteiger partial charge on any atom is 0.411 e. The zero-order valence-electron chi connectivity index (χ0n) is 7.04. The zero-order chi connectivity index (χ0) is 9.26. The number of carbonyl (C=O) groups excluding carboxylic acids is 1. The first kappa shape index (κ1) is 8.07. The predicted octanol–water partition coefficient (Wildman–Crippen LogP) is 1.21. The highest BCUT2D eigenvalue weighted by Crippen LogP contribution is 2.22. The SMILES string of the molecule is NCc1ccc2c(c1)COC(=O)N2. The smallest absolute Gasteiger partial charge is 0.411 e. The summed E-state index contributed by atoms with van der Waals surface area (Å²) in [5.41, 5.74) is 8.31. The molecule has 0 fully saturated rings. The minimum Gasteiger partial charge on any atom is -0.444 e. The van der Waals surface area contributed by atoms with Gasteiger partial charge in [0.05, 0.1) is 5.69 Å². The van der Waals surface area contributed by atoms with E-state index < -0.39 is 6.09 Å². The first-order chi connectivity index (χ1) is 6.29. The molecule has 1 heterocycles. The Kier molecular flexibility index (Phi) is 1.90. The fourth-order valence-corrected chi connectivity index (χ4v) is 1.30. The van der Waals surface area contributed by atoms with Crippen LogP contribution in [0, 0.1) is 0 Å². The van der Waals surface area contributed by atoms with Gasteiger partial charge in [-0.3, -0.25) is 5.32 Å². The number of amides is 1. The summed E-state index contributed by atoms with van der Waals surface area (Å²) in [6.45, 7) is 0.830. The van der Waals surface area contributed by atoms with Crippen molar-refractivity contribution in [3.05, 3.63) is 29.3 Å². The molecular weight excluding hydrogens is 168 g/mol. The Morgan fingerprint density at radius 3 is 3.15 bits per heavy atom. The van der Waals surface area contributed by atoms with E-state index in [9.17, 15) is 4.79 Å². The molecule has 13 heavy (non-hydrogen) atoms. The normalized spacial score (nSPS) is 14.4. The zero-order valence-corrected chi connectivity index (χ0v) is 7.04. The van der Waals surface area contributed by atoms with Gasteiger partial charge in [0.15, 0.2) is 0 Å². The molecule has 2 rings (SSSR count). The summed E-state index contributed by atoms with van der Waals surface area (Å²) < 4.78 is 4.81. The second kappa shape index (κ2) is 3.06. The van der Waals surface area contributed by atoms with Crippen molar-refractivity contribution in [3.8, 4) is 0 Å². The Morgan fingerprint density at radius 2 is 2.38 bits per heavy atom. The molecule has 4 nitrogen and oxygen atoms in total. The molecule has 0 spiro atoms. The van der Waals surface area contributed by atoms with Gasteiger partial charge in [0, 0.05) is 12.1 Å². The number of fused-ring (bicyclic) bond motifs is 1. The summed E-state index contributed by atoms with van der Waals surface area (Å²) in [5, 5.41) is 2.61. The van der Waals surface area contributed by atoms with Gasteiger partial charge in [-0.15, -0.1) is 0 Å². The van der Waals surface area contributed by atoms with Crippen molar-refractivity contribution in [2.45, 2.75) is 13.2 Å². The molecule has 68 valence electrons. The molecule has 3 N–H and O–H groups in total. The predicted molar refractivity (Wildman–Crippen MR) is 48.1 cm³/mol. The van der Waals surface area contributed by atoms with Gasteiger partial charge in [-0.05, 0) is 17.7 Å². The van der Waals surface area contributed by atoms with Crippen molar-refractivity contribution in [2.24, 2.45) is 5.73 Å². The molecule has 1 aromatic carbocycles. The standard InChI is InChI=1S/C9H10N2O2/c10-4-6-1-2-8-7(3-6)5-13-9(12)11-8/h1-3H,4-5,10H2,(H,11,12). The van der Waals surface area contributed by atoms with Crippen molar-refractivity contribution >= 4 is 11.8 Å². The van der Waals surface area contributed by atoms with Crippen LogP contribution in [0.25, 0.3) is 0 Å². The van der Waals surface area contributed by atoms with Gasteiger partial charge in [0.1, 0.15) is 6.61 Å². The van der Waals surface area contributed by atoms with Gasteiger partial charge in [-0.2, -0.15) is 0 Å². The monoisotopic (exact) mass is 178 g/mol. The third-order valence-electron chi connectivity index (χ3n) is 2.00. The molecule has 0 unspecified atom stereocenters. The van der Waals surface area contributed by atoms with E-state index in [1.807, 2.05) is 18.2 Å². The first-order valence-electron chi connectivity index (χ1n) is 4.05. The van der Waals surface area contributed by atoms with E-state index in [1.165, 1.54) is 0 Å². The van der Waals surface area contributed by atoms with Gasteiger partial charge in [0.25, 0.3) is 0 Å². The van der Waals surface area contributed by atoms with Crippen molar-refractivity contribution < 1.29 is 9.53 Å². The Bertz CT molecular complexity index is 349. The lowest BCUT2D eigenvalue weighted by Gasteiger charge is -2.17. The molecule has 1 aliphatic heterocycles. The minimum atomic E-state index is -0.395. The van der Waals surface area contributed by atoms with Gasteiger partial charge in [0.2, 0.25) is 0 Å². The summed E-state index contributed by atoms with van der Waals surface area (Å²) in [7, 11) is 0. The van der Waals surface area contributed by atoms with E-state index >= 15 is 0 Å². The molecule has 1 amide bonds. The third-order valence-corrected chi connectivity index (χ3v) is 2.00. The molecule has 0 atom stereocenters. The summed E-state index contributed by atoms with van der Waals surface area (Å²) in [6, 6.07) is 5.68. The van der Waals surface area contributed by atoms with Gasteiger partial charge in [-0.25, -0.2) is 4.79 Å². The Hall–Kier alpha value is -1.55. The van der Waals surface area contributed by atoms with E-state index in [-0.39, 0.29) is 0 Å². The lowest BCUT2D eigenvalue weighted by atomic mass is 10.1. The van der Waals surface area contributed by atoms with Crippen molar-refractivity contribution in [1.29, 1.82) is 0 Å². The Morgan fingerprint density at radius 1 is 1.54 bits per heavy atom. The van der Waals surface area contributed by atoms with Crippen LogP contribution >= 0.6 is 0 Å². The van der Waals surface area contributed by atoms with Crippen molar-refractivity contribution in [3.63, 3.8) is 0 Å². The topological polar surface area (TPSA) is 64.3 Å². The third kappa shape index (κ3) is 1.48. The maximum atomic E-state index is 10.8. The van der Waals surface area contributed by atoms with Crippen LogP contribution in [0.1, 0.15) is 11.1 Å². The largest absolute Gasteiger partial charge is 0.444 e. The minimum absolute atomic E-state index is 0.328. The highest BCUT2D eigenvalue weighted by molar-refractivity contribution is 5.87. The molecule has 0 saturated carbocycles. The fourth-order valence-electron chi connectivity index (χ4n) is 1.30. The molecule has 4 heteroatoms. The second-order valence-corrected chi connectivity index (χ2v) is 2.90. The van der Waals surface area contributed by atoms with Crippen LogP contribution in [0.15, 0.2) is 18.2 Å². The highest BCUT2D eigenvalue weighted by atomic mass is 16.5. The van der Waals surface area contributed by atoms with E-state index in [1.54, 1.807) is 0 Å². The van der Waals surface area contributed by atoms with E-state index in [2.05, 4.69) is 5.32 Å². The maximum absolute atomic E-state index is 10.8. The molecule has 0 aromatic heterocycles. The first-order valence-corrected chi connectivity index (χ1v) is 4.05. The summed E-state index contributed by atoms with van der Waals surface area (Å²) in [5.74, 6) is 0. The number of hydrogen-bond acceptors (Lipinski definition) is 3. The number of ether oxygens (including phenoxy) is 1. The molecule has 0 aliphatic carbocycles. The average Bonchev–Trinajstić information content (AvgIpc) is 2.17. The molecule has 0 radical (unpaired) electrons. The molecule has 1 aliphatic rings. The van der Waals surface area contributed by atoms with Crippen LogP contribution in [0.2, 0.25) is 0 Å². The quantitative estimate of drug-likeness (QED) is 0.679. The van der Waals surface area contributed by atoms with E-state index in [0.29, 0.717) is 13.2 Å². The summed E-state index contributed by atoms with van der Waals surface area (Å²) >= 11 is 0. The van der Waals surface area contributed by atoms with Gasteiger partial charge in [-0.1, -0.05) is 6.07 Å². The van der Waals surface area contributed by atoms with Crippen LogP contribution in [-0.2, 0) is 17.9 Å². The second-order valence-electron chi connectivity index (χ2n) is 2.90. The Balaban J connectivity index is 2.36. The molecular formula is C9H10N2O2. The number of nitrogens with two attached hydrogens (primary N) is 1. The molecule has 0 bridgehead atoms. The number of cyclic esters (lactones) is 1. The molecule has 0 saturated heterocycles. The van der Waals surface area contributed by atoms with Crippen LogP contribution in [0.4, 0.5) is 10.5 Å². The number of nitrogens with one attached hydrogen (secondary N) is 1. The number of rotatable bonds is 1. The van der Waals surface area contributed by atoms with Gasteiger partial charge < -0.3 is 10.5 Å². The fraction of sp³-hybridized carbons (Fsp3) is 0.222. The van der Waals surface area contributed by atoms with Crippen LogP contribution in [-0.4, -0.2) is 6.09 Å². The Labute approximate surface area is 75.7 Å². The van der Waals surface area contributed by atoms with Crippen LogP contribution in [0.3, 0.4) is 0 Å². The van der Waals surface area contributed by atoms with Crippen molar-refractivity contribution in [1.82, 2.24) is 0 Å². The van der Waals surface area contributed by atoms with Crippen molar-refractivity contribution in [2.75, 3.05) is 5.32 Å². The van der Waals surface area contributed by atoms with Gasteiger partial charge >= 0.3 is 6.09 Å². The van der Waals surface area contributed by atoms with E-state index in [0.717, 1.165) is 16.8 Å². The van der Waals surface area contributed by atoms with E-state index in [4.69, 9.17) is 10.5 Å². The number of hydrogen-bond donors (Lipinski definition) is 2. The summed E-state index contributed by atoms with van der Waals surface area (Å²) in [6.07, 6.45) is -0.395. The number of carbonyl (C=O) groups is 1. The number of benzene rings is 1. The lowest BCUT2D eigenvalue weighted by molar-refractivity contribution is 0.151. The summed E-state index contributed by atoms with van der Waals surface area (Å²) in [4.78, 5) is 10.8. The lowest BCUT2D eigenvalue weighted by Crippen LogP contribution is -2.20. The average molecular weight is 178 g/mol. The highest BCUT2D eigenvalue weighted by Gasteiger charge is 2.14. The van der Waals surface area contributed by atoms with Crippen LogP contribution in [0.5, 0.6) is 0 Å².